The van der Waals surface area contributed by atoms with E-state index in [-0.39, 0.29) is 6.04 Å². The summed E-state index contributed by atoms with van der Waals surface area (Å²) in [5.74, 6) is 4.13. The predicted molar refractivity (Wildman–Crippen MR) is 96.9 cm³/mol. The Bertz CT molecular complexity index is 656. The molecule has 2 N–H and O–H groups in total. The fourth-order valence-corrected chi connectivity index (χ4v) is 2.48. The molecule has 0 saturated heterocycles. The number of imidazole rings is 1. The van der Waals surface area contributed by atoms with Crippen molar-refractivity contribution in [2.24, 2.45) is 10.9 Å². The molecule has 0 amide bonds. The summed E-state index contributed by atoms with van der Waals surface area (Å²) >= 11 is 0. The van der Waals surface area contributed by atoms with Gasteiger partial charge in [0.05, 0.1) is 6.04 Å². The van der Waals surface area contributed by atoms with E-state index in [1.807, 2.05) is 31.5 Å². The summed E-state index contributed by atoms with van der Waals surface area (Å²) < 4.78 is 7.84. The first-order valence-corrected chi connectivity index (χ1v) is 8.60. The number of guanidine groups is 1. The van der Waals surface area contributed by atoms with Crippen LogP contribution in [0.25, 0.3) is 0 Å². The van der Waals surface area contributed by atoms with Crippen LogP contribution < -0.4 is 10.6 Å². The van der Waals surface area contributed by atoms with Crippen molar-refractivity contribution in [2.75, 3.05) is 6.54 Å². The Morgan fingerprint density at radius 2 is 2.12 bits per heavy atom. The molecular weight excluding hydrogens is 302 g/mol. The molecule has 0 bridgehead atoms. The lowest BCUT2D eigenvalue weighted by atomic mass is 10.2. The third kappa shape index (κ3) is 5.15. The van der Waals surface area contributed by atoms with E-state index in [4.69, 9.17) is 4.42 Å². The molecule has 0 saturated carbocycles. The van der Waals surface area contributed by atoms with Crippen molar-refractivity contribution >= 4 is 5.96 Å². The monoisotopic (exact) mass is 331 g/mol. The van der Waals surface area contributed by atoms with Crippen LogP contribution in [0.2, 0.25) is 0 Å². The number of furan rings is 1. The average molecular weight is 331 g/mol. The van der Waals surface area contributed by atoms with Crippen LogP contribution >= 0.6 is 0 Å². The van der Waals surface area contributed by atoms with Crippen molar-refractivity contribution in [2.45, 2.75) is 53.8 Å². The quantitative estimate of drug-likeness (QED) is 0.604. The lowest BCUT2D eigenvalue weighted by Gasteiger charge is -2.16. The van der Waals surface area contributed by atoms with Gasteiger partial charge in [0, 0.05) is 25.5 Å². The van der Waals surface area contributed by atoms with Crippen LogP contribution in [-0.2, 0) is 13.1 Å². The molecule has 2 rings (SSSR count). The second-order valence-electron chi connectivity index (χ2n) is 6.40. The van der Waals surface area contributed by atoms with Gasteiger partial charge in [0.2, 0.25) is 0 Å². The number of nitrogens with one attached hydrogen (secondary N) is 2. The Hall–Kier alpha value is -2.24. The highest BCUT2D eigenvalue weighted by Gasteiger charge is 2.12. The minimum absolute atomic E-state index is 0.0481. The van der Waals surface area contributed by atoms with Crippen molar-refractivity contribution in [3.05, 3.63) is 41.9 Å². The Balaban J connectivity index is 2.04. The van der Waals surface area contributed by atoms with Gasteiger partial charge in [-0.1, -0.05) is 13.8 Å². The molecule has 6 nitrogen and oxygen atoms in total. The molecule has 1 unspecified atom stereocenters. The molecule has 1 atom stereocenters. The molecule has 0 spiro atoms. The fraction of sp³-hybridized carbons (Fsp3) is 0.556. The van der Waals surface area contributed by atoms with E-state index in [2.05, 4.69) is 52.9 Å². The van der Waals surface area contributed by atoms with Gasteiger partial charge in [-0.3, -0.25) is 0 Å². The predicted octanol–water partition coefficient (Wildman–Crippen LogP) is 3.26. The lowest BCUT2D eigenvalue weighted by molar-refractivity contribution is 0.441. The summed E-state index contributed by atoms with van der Waals surface area (Å²) in [4.78, 5) is 9.09. The van der Waals surface area contributed by atoms with Gasteiger partial charge in [0.1, 0.15) is 23.9 Å². The van der Waals surface area contributed by atoms with Gasteiger partial charge in [-0.05, 0) is 38.8 Å². The minimum Gasteiger partial charge on any atom is -0.464 e. The second-order valence-corrected chi connectivity index (χ2v) is 6.40. The van der Waals surface area contributed by atoms with Crippen molar-refractivity contribution < 1.29 is 4.42 Å². The highest BCUT2D eigenvalue weighted by atomic mass is 16.3. The molecular formula is C18H29N5O. The summed E-state index contributed by atoms with van der Waals surface area (Å²) in [7, 11) is 0. The number of nitrogens with zero attached hydrogens (tertiary/aromatic N) is 3. The fourth-order valence-electron chi connectivity index (χ4n) is 2.48. The third-order valence-electron chi connectivity index (χ3n) is 3.63. The first-order chi connectivity index (χ1) is 11.5. The second kappa shape index (κ2) is 8.57. The number of aliphatic imine (C=N–C) groups is 1. The average Bonchev–Trinajstić information content (AvgIpc) is 3.13. The highest BCUT2D eigenvalue weighted by Crippen LogP contribution is 2.15. The van der Waals surface area contributed by atoms with Gasteiger partial charge >= 0.3 is 0 Å². The Kier molecular flexibility index (Phi) is 6.46. The van der Waals surface area contributed by atoms with Gasteiger partial charge in [-0.2, -0.15) is 0 Å². The van der Waals surface area contributed by atoms with E-state index in [9.17, 15) is 0 Å². The van der Waals surface area contributed by atoms with Crippen molar-refractivity contribution in [1.29, 1.82) is 0 Å². The van der Waals surface area contributed by atoms with Crippen molar-refractivity contribution in [3.8, 4) is 0 Å². The van der Waals surface area contributed by atoms with E-state index in [1.54, 1.807) is 0 Å². The number of hydrogen-bond donors (Lipinski definition) is 2. The molecule has 0 aliphatic carbocycles. The van der Waals surface area contributed by atoms with Crippen LogP contribution in [0.4, 0.5) is 0 Å². The third-order valence-corrected chi connectivity index (χ3v) is 3.63. The molecule has 0 radical (unpaired) electrons. The largest absolute Gasteiger partial charge is 0.464 e. The molecule has 2 heterocycles. The van der Waals surface area contributed by atoms with Crippen LogP contribution in [0.15, 0.2) is 33.9 Å². The Morgan fingerprint density at radius 1 is 1.33 bits per heavy atom. The highest BCUT2D eigenvalue weighted by molar-refractivity contribution is 5.80. The number of hydrogen-bond acceptors (Lipinski definition) is 3. The van der Waals surface area contributed by atoms with E-state index in [1.165, 1.54) is 0 Å². The van der Waals surface area contributed by atoms with E-state index < -0.39 is 0 Å². The normalized spacial score (nSPS) is 13.3. The smallest absolute Gasteiger partial charge is 0.192 e. The van der Waals surface area contributed by atoms with Crippen molar-refractivity contribution in [3.63, 3.8) is 0 Å². The molecule has 6 heteroatoms. The maximum absolute atomic E-state index is 5.68. The summed E-state index contributed by atoms with van der Waals surface area (Å²) in [6.07, 6.45) is 3.85. The van der Waals surface area contributed by atoms with E-state index in [0.717, 1.165) is 36.4 Å². The first kappa shape index (κ1) is 18.1. The van der Waals surface area contributed by atoms with Crippen LogP contribution in [0.5, 0.6) is 0 Å². The molecule has 0 aromatic carbocycles. The molecule has 0 aliphatic heterocycles. The first-order valence-electron chi connectivity index (χ1n) is 8.60. The molecule has 2 aromatic heterocycles. The summed E-state index contributed by atoms with van der Waals surface area (Å²) in [5.41, 5.74) is 0. The zero-order valence-electron chi connectivity index (χ0n) is 15.3. The molecule has 132 valence electrons. The Labute approximate surface area is 144 Å². The van der Waals surface area contributed by atoms with Crippen LogP contribution in [0, 0.1) is 12.8 Å². The van der Waals surface area contributed by atoms with Gasteiger partial charge < -0.3 is 19.6 Å². The molecule has 24 heavy (non-hydrogen) atoms. The molecule has 0 fully saturated rings. The van der Waals surface area contributed by atoms with Crippen LogP contribution in [0.1, 0.15) is 51.1 Å². The maximum atomic E-state index is 5.68. The van der Waals surface area contributed by atoms with Crippen LogP contribution in [-0.4, -0.2) is 22.1 Å². The van der Waals surface area contributed by atoms with E-state index >= 15 is 0 Å². The maximum Gasteiger partial charge on any atom is 0.192 e. The number of rotatable bonds is 7. The molecule has 0 aliphatic rings. The van der Waals surface area contributed by atoms with Gasteiger partial charge in [-0.15, -0.1) is 0 Å². The zero-order chi connectivity index (χ0) is 17.5. The topological polar surface area (TPSA) is 67.4 Å². The van der Waals surface area contributed by atoms with Gasteiger partial charge in [0.25, 0.3) is 0 Å². The van der Waals surface area contributed by atoms with Crippen LogP contribution in [0.3, 0.4) is 0 Å². The lowest BCUT2D eigenvalue weighted by Crippen LogP contribution is -2.38. The summed E-state index contributed by atoms with van der Waals surface area (Å²) in [5, 5.41) is 6.65. The standard InChI is InChI=1S/C18H29N5O/c1-6-19-18(22-15(5)16-8-7-14(4)24-16)21-11-17-20-9-10-23(17)12-13(2)3/h7-10,13,15H,6,11-12H2,1-5H3,(H2,19,21,22). The zero-order valence-corrected chi connectivity index (χ0v) is 15.3. The van der Waals surface area contributed by atoms with Gasteiger partial charge in [0.15, 0.2) is 5.96 Å². The van der Waals surface area contributed by atoms with E-state index in [0.29, 0.717) is 12.5 Å². The number of aryl methyl sites for hydroxylation is 1. The number of aromatic nitrogens is 2. The SMILES string of the molecule is CCNC(=NCc1nccn1CC(C)C)NC(C)c1ccc(C)o1. The van der Waals surface area contributed by atoms with Crippen molar-refractivity contribution in [1.82, 2.24) is 20.2 Å². The summed E-state index contributed by atoms with van der Waals surface area (Å²) in [6, 6.07) is 4.01. The Morgan fingerprint density at radius 3 is 2.75 bits per heavy atom. The minimum atomic E-state index is 0.0481. The summed E-state index contributed by atoms with van der Waals surface area (Å²) in [6.45, 7) is 12.8. The molecule has 2 aromatic rings. The van der Waals surface area contributed by atoms with Gasteiger partial charge in [-0.25, -0.2) is 9.98 Å².